The first-order valence-electron chi connectivity index (χ1n) is 1.48. The third-order valence-corrected chi connectivity index (χ3v) is 0.271. The summed E-state index contributed by atoms with van der Waals surface area (Å²) in [6.07, 6.45) is 3.88. The van der Waals surface area contributed by atoms with Crippen molar-refractivity contribution in [3.63, 3.8) is 0 Å². The summed E-state index contributed by atoms with van der Waals surface area (Å²) in [5.74, 6) is 0. The lowest BCUT2D eigenvalue weighted by Crippen LogP contribution is -1.50. The van der Waals surface area contributed by atoms with Gasteiger partial charge in [0, 0.05) is 0 Å². The molecule has 0 aromatic carbocycles. The smallest absolute Gasteiger partial charge is 0.142 e. The van der Waals surface area contributed by atoms with Crippen LogP contribution in [-0.2, 0) is 4.79 Å². The van der Waals surface area contributed by atoms with Crippen LogP contribution in [0.2, 0.25) is 0 Å². The predicted molar refractivity (Wildman–Crippen MR) is 31.2 cm³/mol. The van der Waals surface area contributed by atoms with Gasteiger partial charge in [-0.1, -0.05) is 6.08 Å². The van der Waals surface area contributed by atoms with Crippen LogP contribution in [-0.4, -0.2) is 6.29 Å². The minimum atomic E-state index is 0. The van der Waals surface area contributed by atoms with Gasteiger partial charge in [-0.25, -0.2) is 0 Å². The zero-order valence-corrected chi connectivity index (χ0v) is 5.26. The van der Waals surface area contributed by atoms with Crippen molar-refractivity contribution in [2.24, 2.45) is 0 Å². The molecule has 0 N–H and O–H groups in total. The van der Waals surface area contributed by atoms with Gasteiger partial charge in [0.15, 0.2) is 0 Å². The van der Waals surface area contributed by atoms with Crippen LogP contribution in [0.15, 0.2) is 12.2 Å². The number of hydrogen-bond donors (Lipinski definition) is 0. The Kier molecular flexibility index (Phi) is 13.7. The monoisotopic (exact) mass is 150 g/mol. The van der Waals surface area contributed by atoms with E-state index >= 15 is 0 Å². The highest BCUT2D eigenvalue weighted by atomic mass is 79.9. The van der Waals surface area contributed by atoms with Crippen molar-refractivity contribution >= 4 is 23.3 Å². The molecule has 2 heteroatoms. The Balaban J connectivity index is 0. The molecular weight excluding hydrogens is 144 g/mol. The average Bonchev–Trinajstić information content (AvgIpc) is 1.41. The van der Waals surface area contributed by atoms with Crippen molar-refractivity contribution in [3.05, 3.63) is 12.2 Å². The molecule has 0 rings (SSSR count). The van der Waals surface area contributed by atoms with E-state index < -0.39 is 0 Å². The van der Waals surface area contributed by atoms with E-state index in [0.29, 0.717) is 0 Å². The molecule has 0 aliphatic heterocycles. The number of carbonyl (C=O) groups is 1. The van der Waals surface area contributed by atoms with E-state index in [1.54, 1.807) is 13.0 Å². The zero-order valence-electron chi connectivity index (χ0n) is 3.55. The Morgan fingerprint density at radius 1 is 1.50 bits per heavy atom. The molecule has 0 bridgehead atoms. The molecule has 0 amide bonds. The number of halogens is 1. The minimum absolute atomic E-state index is 0. The molecule has 0 aliphatic rings. The number of hydrogen-bond acceptors (Lipinski definition) is 1. The SMILES string of the molecule is Br.CC=CC=O. The molecule has 6 heavy (non-hydrogen) atoms. The first-order chi connectivity index (χ1) is 2.41. The summed E-state index contributed by atoms with van der Waals surface area (Å²) < 4.78 is 0. The highest BCUT2D eigenvalue weighted by Gasteiger charge is 1.48. The predicted octanol–water partition coefficient (Wildman–Crippen LogP) is 1.34. The second-order valence-electron chi connectivity index (χ2n) is 0.662. The molecule has 0 aliphatic carbocycles. The van der Waals surface area contributed by atoms with E-state index in [4.69, 9.17) is 0 Å². The quantitative estimate of drug-likeness (QED) is 0.408. The van der Waals surface area contributed by atoms with Crippen molar-refractivity contribution in [3.8, 4) is 0 Å². The van der Waals surface area contributed by atoms with E-state index in [9.17, 15) is 4.79 Å². The van der Waals surface area contributed by atoms with E-state index in [2.05, 4.69) is 0 Å². The van der Waals surface area contributed by atoms with Crippen LogP contribution in [0, 0.1) is 0 Å². The Hall–Kier alpha value is -0.110. The molecule has 0 spiro atoms. The van der Waals surface area contributed by atoms with E-state index in [1.807, 2.05) is 0 Å². The first-order valence-corrected chi connectivity index (χ1v) is 1.48. The molecule has 0 fully saturated rings. The Morgan fingerprint density at radius 3 is 2.00 bits per heavy atom. The van der Waals surface area contributed by atoms with Gasteiger partial charge in [0.25, 0.3) is 0 Å². The summed E-state index contributed by atoms with van der Waals surface area (Å²) in [4.78, 5) is 9.32. The fourth-order valence-electron chi connectivity index (χ4n) is 0.0786. The maximum Gasteiger partial charge on any atom is 0.142 e. The van der Waals surface area contributed by atoms with Crippen LogP contribution < -0.4 is 0 Å². The number of carbonyl (C=O) groups excluding carboxylic acids is 1. The van der Waals surface area contributed by atoms with Crippen molar-refractivity contribution in [2.75, 3.05) is 0 Å². The van der Waals surface area contributed by atoms with Gasteiger partial charge in [-0.3, -0.25) is 4.79 Å². The van der Waals surface area contributed by atoms with Crippen LogP contribution >= 0.6 is 17.0 Å². The van der Waals surface area contributed by atoms with Crippen LogP contribution in [0.25, 0.3) is 0 Å². The van der Waals surface area contributed by atoms with E-state index in [0.717, 1.165) is 6.29 Å². The summed E-state index contributed by atoms with van der Waals surface area (Å²) in [7, 11) is 0. The maximum absolute atomic E-state index is 9.32. The Labute approximate surface area is 47.8 Å². The molecule has 0 atom stereocenters. The summed E-state index contributed by atoms with van der Waals surface area (Å²) >= 11 is 0. The maximum atomic E-state index is 9.32. The largest absolute Gasteiger partial charge is 0.299 e. The lowest BCUT2D eigenvalue weighted by Gasteiger charge is -1.51. The van der Waals surface area contributed by atoms with Gasteiger partial charge in [0.05, 0.1) is 0 Å². The summed E-state index contributed by atoms with van der Waals surface area (Å²) in [6.45, 7) is 1.80. The van der Waals surface area contributed by atoms with E-state index in [-0.39, 0.29) is 17.0 Å². The highest BCUT2D eigenvalue weighted by Crippen LogP contribution is 1.55. The average molecular weight is 151 g/mol. The molecule has 1 nitrogen and oxygen atoms in total. The standard InChI is InChI=1S/C4H6O.BrH/c1-2-3-4-5;/h2-4H,1H3;1H. The van der Waals surface area contributed by atoms with E-state index in [1.165, 1.54) is 6.08 Å². The van der Waals surface area contributed by atoms with Gasteiger partial charge < -0.3 is 0 Å². The third-order valence-electron chi connectivity index (χ3n) is 0.271. The van der Waals surface area contributed by atoms with Crippen molar-refractivity contribution in [2.45, 2.75) is 6.92 Å². The molecule has 0 radical (unpaired) electrons. The molecule has 0 aromatic heterocycles. The van der Waals surface area contributed by atoms with Crippen LogP contribution in [0.3, 0.4) is 0 Å². The number of allylic oxidation sites excluding steroid dienone is 2. The fraction of sp³-hybridized carbons (Fsp3) is 0.250. The van der Waals surface area contributed by atoms with Crippen LogP contribution in [0.1, 0.15) is 6.92 Å². The van der Waals surface area contributed by atoms with Crippen molar-refractivity contribution < 1.29 is 4.79 Å². The molecule has 0 saturated heterocycles. The van der Waals surface area contributed by atoms with Gasteiger partial charge in [-0.15, -0.1) is 17.0 Å². The van der Waals surface area contributed by atoms with Crippen LogP contribution in [0.5, 0.6) is 0 Å². The number of rotatable bonds is 1. The summed E-state index contributed by atoms with van der Waals surface area (Å²) in [6, 6.07) is 0. The van der Waals surface area contributed by atoms with Crippen molar-refractivity contribution in [1.82, 2.24) is 0 Å². The lowest BCUT2D eigenvalue weighted by atomic mass is 10.6. The highest BCUT2D eigenvalue weighted by molar-refractivity contribution is 8.93. The third kappa shape index (κ3) is 9.10. The normalized spacial score (nSPS) is 7.50. The molecule has 36 valence electrons. The summed E-state index contributed by atoms with van der Waals surface area (Å²) in [5.41, 5.74) is 0. The van der Waals surface area contributed by atoms with Gasteiger partial charge in [-0.05, 0) is 13.0 Å². The molecule has 0 aromatic rings. The Bertz CT molecular complexity index is 49.5. The fourth-order valence-corrected chi connectivity index (χ4v) is 0.0786. The van der Waals surface area contributed by atoms with Crippen molar-refractivity contribution in [1.29, 1.82) is 0 Å². The van der Waals surface area contributed by atoms with Gasteiger partial charge in [0.1, 0.15) is 6.29 Å². The van der Waals surface area contributed by atoms with Gasteiger partial charge in [-0.2, -0.15) is 0 Å². The summed E-state index contributed by atoms with van der Waals surface area (Å²) in [5, 5.41) is 0. The second-order valence-corrected chi connectivity index (χ2v) is 0.662. The zero-order chi connectivity index (χ0) is 4.12. The van der Waals surface area contributed by atoms with Crippen LogP contribution in [0.4, 0.5) is 0 Å². The van der Waals surface area contributed by atoms with Gasteiger partial charge >= 0.3 is 0 Å². The lowest BCUT2D eigenvalue weighted by molar-refractivity contribution is -0.104. The first kappa shape index (κ1) is 9.31. The second kappa shape index (κ2) is 8.86. The molecule has 0 unspecified atom stereocenters. The molecule has 0 saturated carbocycles. The Morgan fingerprint density at radius 2 is 2.00 bits per heavy atom. The molecular formula is C4H7BrO. The van der Waals surface area contributed by atoms with Gasteiger partial charge in [0.2, 0.25) is 0 Å². The topological polar surface area (TPSA) is 17.1 Å². The molecule has 0 heterocycles. The minimum Gasteiger partial charge on any atom is -0.299 e. The number of aldehydes is 1.